The average molecular weight is 446 g/mol. The number of rotatable bonds is 11. The first-order valence-electron chi connectivity index (χ1n) is 9.92. The maximum Gasteiger partial charge on any atom is 0.405 e. The van der Waals surface area contributed by atoms with Crippen LogP contribution < -0.4 is 21.7 Å². The quantitative estimate of drug-likeness (QED) is 0.113. The summed E-state index contributed by atoms with van der Waals surface area (Å²) in [5.41, 5.74) is 5.16. The van der Waals surface area contributed by atoms with Gasteiger partial charge in [0.05, 0.1) is 12.1 Å². The van der Waals surface area contributed by atoms with E-state index in [0.717, 1.165) is 4.90 Å². The van der Waals surface area contributed by atoms with Gasteiger partial charge in [0.25, 0.3) is 0 Å². The Hall–Kier alpha value is -2.96. The van der Waals surface area contributed by atoms with Gasteiger partial charge in [0.15, 0.2) is 11.7 Å². The first-order chi connectivity index (χ1) is 14.5. The summed E-state index contributed by atoms with van der Waals surface area (Å²) < 4.78 is 12.9. The zero-order valence-electron chi connectivity index (χ0n) is 17.6. The van der Waals surface area contributed by atoms with E-state index in [2.05, 4.69) is 16.0 Å². The van der Waals surface area contributed by atoms with Crippen LogP contribution in [0.3, 0.4) is 0 Å². The lowest BCUT2D eigenvalue weighted by molar-refractivity contribution is -0.141. The lowest BCUT2D eigenvalue weighted by Crippen LogP contribution is -2.56. The second-order valence-corrected chi connectivity index (χ2v) is 7.71. The van der Waals surface area contributed by atoms with E-state index in [1.807, 2.05) is 0 Å². The number of halogens is 1. The van der Waals surface area contributed by atoms with Crippen LogP contribution in [0, 0.1) is 11.3 Å². The van der Waals surface area contributed by atoms with Crippen molar-refractivity contribution in [3.05, 3.63) is 0 Å². The van der Waals surface area contributed by atoms with E-state index in [1.54, 1.807) is 13.8 Å². The number of aliphatic hydroxyl groups excluding tert-OH is 1. The highest BCUT2D eigenvalue weighted by Gasteiger charge is 2.42. The predicted molar refractivity (Wildman–Crippen MR) is 108 cm³/mol. The first-order valence-corrected chi connectivity index (χ1v) is 9.92. The van der Waals surface area contributed by atoms with Crippen molar-refractivity contribution in [2.24, 2.45) is 11.7 Å². The topological polar surface area (TPSA) is 198 Å². The Kier molecular flexibility index (Phi) is 10.1. The molecule has 31 heavy (non-hydrogen) atoms. The van der Waals surface area contributed by atoms with Gasteiger partial charge in [-0.15, -0.1) is 0 Å². The summed E-state index contributed by atoms with van der Waals surface area (Å²) in [4.78, 5) is 49.7. The van der Waals surface area contributed by atoms with Crippen LogP contribution >= 0.6 is 0 Å². The van der Waals surface area contributed by atoms with Crippen molar-refractivity contribution in [3.8, 4) is 0 Å². The number of nitrogens with one attached hydrogen (secondary N) is 4. The molecule has 0 aromatic heterocycles. The lowest BCUT2D eigenvalue weighted by Gasteiger charge is -2.30. The standard InChI is InChI=1S/C18H31FN6O6/c1-9(2)14(24-18(30)31)16(29)25-8-10(26)6-12(25)15(28)23-11(13(27)7-19)4-3-5-22-17(20)21/h9-12,14,24,26H,3-8H2,1-2H3,(H,23,28)(H,30,31)(H4,20,21,22)/t10-,11?,12+,14?/m1/s1. The molecule has 0 aromatic carbocycles. The van der Waals surface area contributed by atoms with Gasteiger partial charge in [0.2, 0.25) is 11.8 Å². The molecule has 0 aromatic rings. The van der Waals surface area contributed by atoms with Crippen molar-refractivity contribution < 1.29 is 33.8 Å². The Bertz CT molecular complexity index is 690. The second kappa shape index (κ2) is 12.0. The van der Waals surface area contributed by atoms with Crippen LogP contribution in [0.4, 0.5) is 9.18 Å². The Morgan fingerprint density at radius 2 is 1.90 bits per heavy atom. The number of Topliss-reactive ketones (excluding diaryl/α,β-unsaturated/α-hetero) is 1. The van der Waals surface area contributed by atoms with Crippen LogP contribution in [0.2, 0.25) is 0 Å². The normalized spacial score (nSPS) is 20.1. The van der Waals surface area contributed by atoms with E-state index in [4.69, 9.17) is 16.2 Å². The number of likely N-dealkylation sites (tertiary alicyclic amines) is 1. The molecule has 1 fully saturated rings. The number of nitrogens with zero attached hydrogens (tertiary/aromatic N) is 1. The van der Waals surface area contributed by atoms with E-state index in [9.17, 15) is 28.7 Å². The third-order valence-electron chi connectivity index (χ3n) is 4.90. The van der Waals surface area contributed by atoms with Gasteiger partial charge >= 0.3 is 6.09 Å². The van der Waals surface area contributed by atoms with Gasteiger partial charge in [-0.05, 0) is 18.8 Å². The summed E-state index contributed by atoms with van der Waals surface area (Å²) in [6.07, 6.45) is -2.12. The Morgan fingerprint density at radius 3 is 2.42 bits per heavy atom. The van der Waals surface area contributed by atoms with E-state index < -0.39 is 60.5 Å². The molecule has 8 N–H and O–H groups in total. The summed E-state index contributed by atoms with van der Waals surface area (Å²) in [5.74, 6) is -2.94. The van der Waals surface area contributed by atoms with Gasteiger partial charge in [-0.2, -0.15) is 0 Å². The largest absolute Gasteiger partial charge is 0.465 e. The first kappa shape index (κ1) is 26.1. The number of alkyl halides is 1. The zero-order chi connectivity index (χ0) is 23.7. The lowest BCUT2D eigenvalue weighted by atomic mass is 10.0. The molecule has 13 heteroatoms. The van der Waals surface area contributed by atoms with E-state index in [1.165, 1.54) is 0 Å². The number of ketones is 1. The Morgan fingerprint density at radius 1 is 1.26 bits per heavy atom. The van der Waals surface area contributed by atoms with Crippen LogP contribution in [0.1, 0.15) is 33.1 Å². The summed E-state index contributed by atoms with van der Waals surface area (Å²) in [5, 5.41) is 33.2. The number of amides is 3. The monoisotopic (exact) mass is 446 g/mol. The smallest absolute Gasteiger partial charge is 0.405 e. The number of carbonyl (C=O) groups excluding carboxylic acids is 3. The molecule has 0 spiro atoms. The molecule has 3 amide bonds. The van der Waals surface area contributed by atoms with Gasteiger partial charge in [0, 0.05) is 19.5 Å². The van der Waals surface area contributed by atoms with Crippen molar-refractivity contribution in [2.75, 3.05) is 19.8 Å². The molecule has 1 rings (SSSR count). The Balaban J connectivity index is 2.90. The van der Waals surface area contributed by atoms with Crippen molar-refractivity contribution in [2.45, 2.75) is 57.3 Å². The number of guanidine groups is 1. The molecule has 1 saturated heterocycles. The SMILES string of the molecule is CC(C)C(NC(=O)O)C(=O)N1C[C@H](O)C[C@H]1C(=O)NC(CCCNC(=N)N)C(=O)CF. The summed E-state index contributed by atoms with van der Waals surface area (Å²) in [6, 6.07) is -3.41. The number of carboxylic acid groups (broad SMARTS) is 1. The Labute approximate surface area is 179 Å². The van der Waals surface area contributed by atoms with Crippen molar-refractivity contribution in [1.29, 1.82) is 5.41 Å². The van der Waals surface area contributed by atoms with Gasteiger partial charge in [-0.1, -0.05) is 13.8 Å². The number of hydrogen-bond donors (Lipinski definition) is 7. The molecule has 1 aliphatic rings. The number of carbonyl (C=O) groups is 4. The third kappa shape index (κ3) is 8.00. The van der Waals surface area contributed by atoms with E-state index in [0.29, 0.717) is 6.42 Å². The van der Waals surface area contributed by atoms with Crippen molar-refractivity contribution in [1.82, 2.24) is 20.9 Å². The van der Waals surface area contributed by atoms with Crippen LogP contribution in [-0.2, 0) is 14.4 Å². The second-order valence-electron chi connectivity index (χ2n) is 7.71. The number of hydrogen-bond acceptors (Lipinski definition) is 6. The molecule has 2 unspecified atom stereocenters. The molecule has 4 atom stereocenters. The van der Waals surface area contributed by atoms with Crippen LogP contribution in [-0.4, -0.2) is 88.8 Å². The van der Waals surface area contributed by atoms with E-state index >= 15 is 0 Å². The number of β-amino-alcohol motifs (C(OH)–C–C–N with tert-alkyl or cyclic N) is 1. The predicted octanol–water partition coefficient (Wildman–Crippen LogP) is -1.47. The molecule has 0 bridgehead atoms. The minimum Gasteiger partial charge on any atom is -0.465 e. The van der Waals surface area contributed by atoms with Gasteiger partial charge in [-0.3, -0.25) is 19.8 Å². The molecule has 12 nitrogen and oxygen atoms in total. The summed E-state index contributed by atoms with van der Waals surface area (Å²) >= 11 is 0. The minimum absolute atomic E-state index is 0.0766. The number of aliphatic hydroxyl groups is 1. The van der Waals surface area contributed by atoms with Crippen LogP contribution in [0.25, 0.3) is 0 Å². The molecular weight excluding hydrogens is 415 g/mol. The highest BCUT2D eigenvalue weighted by atomic mass is 19.1. The highest BCUT2D eigenvalue weighted by Crippen LogP contribution is 2.21. The fourth-order valence-corrected chi connectivity index (χ4v) is 3.34. The van der Waals surface area contributed by atoms with E-state index in [-0.39, 0.29) is 31.9 Å². The number of nitrogens with two attached hydrogens (primary N) is 1. The van der Waals surface area contributed by atoms with Gasteiger partial charge in [-0.25, -0.2) is 9.18 Å². The van der Waals surface area contributed by atoms with Gasteiger partial charge in [0.1, 0.15) is 18.8 Å². The summed E-state index contributed by atoms with van der Waals surface area (Å²) in [7, 11) is 0. The molecule has 0 saturated carbocycles. The maximum absolute atomic E-state index is 12.9. The average Bonchev–Trinajstić information content (AvgIpc) is 3.08. The zero-order valence-corrected chi connectivity index (χ0v) is 17.6. The fraction of sp³-hybridized carbons (Fsp3) is 0.722. The summed E-state index contributed by atoms with van der Waals surface area (Å²) in [6.45, 7) is 2.03. The molecule has 176 valence electrons. The van der Waals surface area contributed by atoms with Crippen molar-refractivity contribution in [3.63, 3.8) is 0 Å². The minimum atomic E-state index is -1.40. The molecule has 1 heterocycles. The van der Waals surface area contributed by atoms with Crippen LogP contribution in [0.5, 0.6) is 0 Å². The van der Waals surface area contributed by atoms with Crippen molar-refractivity contribution >= 4 is 29.7 Å². The van der Waals surface area contributed by atoms with Crippen LogP contribution in [0.15, 0.2) is 0 Å². The molecule has 0 aliphatic carbocycles. The molecular formula is C18H31FN6O6. The van der Waals surface area contributed by atoms with Gasteiger partial charge < -0.3 is 36.8 Å². The maximum atomic E-state index is 12.9. The fourth-order valence-electron chi connectivity index (χ4n) is 3.34. The molecule has 0 radical (unpaired) electrons. The third-order valence-corrected chi connectivity index (χ3v) is 4.90. The highest BCUT2D eigenvalue weighted by molar-refractivity contribution is 5.95. The molecule has 1 aliphatic heterocycles.